The summed E-state index contributed by atoms with van der Waals surface area (Å²) in [5.41, 5.74) is 3.94. The van der Waals surface area contributed by atoms with Gasteiger partial charge in [-0.2, -0.15) is 0 Å². The van der Waals surface area contributed by atoms with Crippen LogP contribution in [0.5, 0.6) is 0 Å². The van der Waals surface area contributed by atoms with Crippen LogP contribution in [0.2, 0.25) is 0 Å². The molecule has 0 amide bonds. The maximum Gasteiger partial charge on any atom is 0.0921 e. The lowest BCUT2D eigenvalue weighted by Crippen LogP contribution is -2.03. The number of nitrogens with zero attached hydrogens (tertiary/aromatic N) is 1. The van der Waals surface area contributed by atoms with Gasteiger partial charge >= 0.3 is 0 Å². The number of aromatic nitrogens is 2. The number of benzene rings is 2. The van der Waals surface area contributed by atoms with Gasteiger partial charge in [0.2, 0.25) is 0 Å². The molecule has 2 heteroatoms. The Morgan fingerprint density at radius 2 is 1.45 bits per heavy atom. The van der Waals surface area contributed by atoms with Crippen LogP contribution in [0.25, 0.3) is 0 Å². The second-order valence-corrected chi connectivity index (χ2v) is 4.99. The van der Waals surface area contributed by atoms with E-state index in [9.17, 15) is 0 Å². The Labute approximate surface area is 119 Å². The maximum atomic E-state index is 4.09. The molecule has 0 spiro atoms. The summed E-state index contributed by atoms with van der Waals surface area (Å²) in [7, 11) is 0. The van der Waals surface area contributed by atoms with Gasteiger partial charge in [-0.3, -0.25) is 0 Å². The van der Waals surface area contributed by atoms with Crippen LogP contribution >= 0.6 is 0 Å². The maximum absolute atomic E-state index is 4.09. The first-order valence-electron chi connectivity index (χ1n) is 7.00. The van der Waals surface area contributed by atoms with Crippen LogP contribution < -0.4 is 0 Å². The SMILES string of the molecule is c1ccc(C(CCc2cnc[nH]2)c2ccccc2)cc1. The highest BCUT2D eigenvalue weighted by Crippen LogP contribution is 2.28. The Kier molecular flexibility index (Phi) is 3.93. The summed E-state index contributed by atoms with van der Waals surface area (Å²) in [5, 5.41) is 0. The summed E-state index contributed by atoms with van der Waals surface area (Å²) < 4.78 is 0. The molecule has 0 saturated carbocycles. The number of imidazole rings is 1. The van der Waals surface area contributed by atoms with E-state index in [0.717, 1.165) is 12.8 Å². The van der Waals surface area contributed by atoms with Crippen LogP contribution in [0.1, 0.15) is 29.2 Å². The molecule has 1 N–H and O–H groups in total. The smallest absolute Gasteiger partial charge is 0.0921 e. The van der Waals surface area contributed by atoms with Crippen molar-refractivity contribution >= 4 is 0 Å². The lowest BCUT2D eigenvalue weighted by molar-refractivity contribution is 0.706. The standard InChI is InChI=1S/C18H18N2/c1-3-7-15(8-4-1)18(16-9-5-2-6-10-16)12-11-17-13-19-14-20-17/h1-10,13-14,18H,11-12H2,(H,19,20). The van der Waals surface area contributed by atoms with Gasteiger partial charge in [-0.25, -0.2) is 4.98 Å². The predicted octanol–water partition coefficient (Wildman–Crippen LogP) is 4.17. The summed E-state index contributed by atoms with van der Waals surface area (Å²) in [4.78, 5) is 7.27. The molecule has 0 atom stereocenters. The minimum Gasteiger partial charge on any atom is -0.348 e. The summed E-state index contributed by atoms with van der Waals surface area (Å²) in [6.45, 7) is 0. The van der Waals surface area contributed by atoms with E-state index >= 15 is 0 Å². The van der Waals surface area contributed by atoms with Gasteiger partial charge in [0.15, 0.2) is 0 Å². The molecule has 2 aromatic carbocycles. The zero-order chi connectivity index (χ0) is 13.6. The summed E-state index contributed by atoms with van der Waals surface area (Å²) in [6.07, 6.45) is 5.74. The Balaban J connectivity index is 1.84. The number of aromatic amines is 1. The Bertz CT molecular complexity index is 576. The van der Waals surface area contributed by atoms with E-state index in [4.69, 9.17) is 0 Å². The van der Waals surface area contributed by atoms with E-state index < -0.39 is 0 Å². The molecule has 0 saturated heterocycles. The van der Waals surface area contributed by atoms with Gasteiger partial charge < -0.3 is 4.98 Å². The van der Waals surface area contributed by atoms with Crippen molar-refractivity contribution in [1.82, 2.24) is 9.97 Å². The van der Waals surface area contributed by atoms with E-state index in [1.165, 1.54) is 16.8 Å². The van der Waals surface area contributed by atoms with Crippen molar-refractivity contribution in [3.05, 3.63) is 90.0 Å². The molecule has 3 aromatic rings. The quantitative estimate of drug-likeness (QED) is 0.734. The molecule has 100 valence electrons. The number of hydrogen-bond donors (Lipinski definition) is 1. The van der Waals surface area contributed by atoms with Gasteiger partial charge in [0, 0.05) is 17.8 Å². The third-order valence-electron chi connectivity index (χ3n) is 3.66. The number of nitrogens with one attached hydrogen (secondary N) is 1. The third-order valence-corrected chi connectivity index (χ3v) is 3.66. The van der Waals surface area contributed by atoms with Crippen LogP contribution in [0, 0.1) is 0 Å². The van der Waals surface area contributed by atoms with Crippen molar-refractivity contribution < 1.29 is 0 Å². The van der Waals surface area contributed by atoms with Gasteiger partial charge in [0.1, 0.15) is 0 Å². The van der Waals surface area contributed by atoms with E-state index in [1.54, 1.807) is 6.33 Å². The van der Waals surface area contributed by atoms with Gasteiger partial charge in [0.05, 0.1) is 6.33 Å². The molecule has 0 unspecified atom stereocenters. The van der Waals surface area contributed by atoms with E-state index in [-0.39, 0.29) is 0 Å². The van der Waals surface area contributed by atoms with Crippen LogP contribution in [-0.4, -0.2) is 9.97 Å². The molecule has 1 heterocycles. The number of rotatable bonds is 5. The first-order chi connectivity index (χ1) is 9.93. The third kappa shape index (κ3) is 2.97. The van der Waals surface area contributed by atoms with Crippen molar-refractivity contribution in [3.63, 3.8) is 0 Å². The number of H-pyrrole nitrogens is 1. The van der Waals surface area contributed by atoms with Crippen molar-refractivity contribution in [1.29, 1.82) is 0 Å². The van der Waals surface area contributed by atoms with Crippen LogP contribution in [0.4, 0.5) is 0 Å². The molecule has 0 aliphatic heterocycles. The highest BCUT2D eigenvalue weighted by molar-refractivity contribution is 5.32. The Morgan fingerprint density at radius 1 is 0.850 bits per heavy atom. The van der Waals surface area contributed by atoms with Gasteiger partial charge in [-0.1, -0.05) is 60.7 Å². The normalized spacial score (nSPS) is 10.8. The molecule has 1 aromatic heterocycles. The first kappa shape index (κ1) is 12.7. The van der Waals surface area contributed by atoms with Crippen molar-refractivity contribution in [2.24, 2.45) is 0 Å². The average Bonchev–Trinajstić information content (AvgIpc) is 3.03. The molecule has 0 aliphatic carbocycles. The highest BCUT2D eigenvalue weighted by atomic mass is 14.9. The second kappa shape index (κ2) is 6.20. The fourth-order valence-electron chi connectivity index (χ4n) is 2.62. The molecule has 3 rings (SSSR count). The lowest BCUT2D eigenvalue weighted by atomic mass is 9.87. The Hall–Kier alpha value is -2.35. The average molecular weight is 262 g/mol. The number of aryl methyl sites for hydroxylation is 1. The zero-order valence-electron chi connectivity index (χ0n) is 11.4. The monoisotopic (exact) mass is 262 g/mol. The highest BCUT2D eigenvalue weighted by Gasteiger charge is 2.13. The minimum atomic E-state index is 0.431. The fourth-order valence-corrected chi connectivity index (χ4v) is 2.62. The van der Waals surface area contributed by atoms with E-state index in [1.807, 2.05) is 6.20 Å². The molecular weight excluding hydrogens is 244 g/mol. The lowest BCUT2D eigenvalue weighted by Gasteiger charge is -2.17. The van der Waals surface area contributed by atoms with E-state index in [2.05, 4.69) is 70.6 Å². The Morgan fingerprint density at radius 3 is 1.95 bits per heavy atom. The summed E-state index contributed by atoms with van der Waals surface area (Å²) >= 11 is 0. The molecular formula is C18H18N2. The topological polar surface area (TPSA) is 28.7 Å². The van der Waals surface area contributed by atoms with Gasteiger partial charge in [0.25, 0.3) is 0 Å². The molecule has 0 bridgehead atoms. The summed E-state index contributed by atoms with van der Waals surface area (Å²) in [6, 6.07) is 21.4. The molecule has 20 heavy (non-hydrogen) atoms. The second-order valence-electron chi connectivity index (χ2n) is 4.99. The predicted molar refractivity (Wildman–Crippen MR) is 81.6 cm³/mol. The largest absolute Gasteiger partial charge is 0.348 e. The summed E-state index contributed by atoms with van der Waals surface area (Å²) in [5.74, 6) is 0.431. The molecule has 0 aliphatic rings. The van der Waals surface area contributed by atoms with Crippen molar-refractivity contribution in [2.45, 2.75) is 18.8 Å². The van der Waals surface area contributed by atoms with Crippen LogP contribution in [0.3, 0.4) is 0 Å². The zero-order valence-corrected chi connectivity index (χ0v) is 11.4. The molecule has 0 fully saturated rings. The number of hydrogen-bond acceptors (Lipinski definition) is 1. The first-order valence-corrected chi connectivity index (χ1v) is 7.00. The van der Waals surface area contributed by atoms with Crippen LogP contribution in [-0.2, 0) is 6.42 Å². The van der Waals surface area contributed by atoms with Crippen molar-refractivity contribution in [2.75, 3.05) is 0 Å². The minimum absolute atomic E-state index is 0.431. The van der Waals surface area contributed by atoms with Gasteiger partial charge in [-0.15, -0.1) is 0 Å². The van der Waals surface area contributed by atoms with E-state index in [0.29, 0.717) is 5.92 Å². The molecule has 0 radical (unpaired) electrons. The van der Waals surface area contributed by atoms with Crippen LogP contribution in [0.15, 0.2) is 73.2 Å². The fraction of sp³-hybridized carbons (Fsp3) is 0.167. The van der Waals surface area contributed by atoms with Gasteiger partial charge in [-0.05, 0) is 24.0 Å². The van der Waals surface area contributed by atoms with Crippen molar-refractivity contribution in [3.8, 4) is 0 Å². The molecule has 2 nitrogen and oxygen atoms in total.